The first-order valence-electron chi connectivity index (χ1n) is 8.89. The zero-order chi connectivity index (χ0) is 21.3. The molecule has 1 saturated heterocycles. The zero-order valence-electron chi connectivity index (χ0n) is 15.8. The van der Waals surface area contributed by atoms with E-state index in [0.29, 0.717) is 24.7 Å². The fourth-order valence-corrected chi connectivity index (χ4v) is 5.69. The molecule has 0 aliphatic carbocycles. The van der Waals surface area contributed by atoms with Crippen LogP contribution in [0.5, 0.6) is 0 Å². The number of anilines is 1. The maximum Gasteiger partial charge on any atom is 0.267 e. The normalized spacial score (nSPS) is 15.3. The standard InChI is InChI=1S/C17H17FN6O4S2/c1-11-20-21-22-24(11)12-2-3-13(18)14(10-12)19-17(25)16-15(4-9-29-16)30(26,27)23-5-7-28-8-6-23/h2-4,9-10H,5-8H2,1H3,(H,19,25). The van der Waals surface area contributed by atoms with Crippen LogP contribution in [0.4, 0.5) is 10.1 Å². The molecule has 4 rings (SSSR count). The van der Waals surface area contributed by atoms with Gasteiger partial charge < -0.3 is 10.1 Å². The second kappa shape index (κ2) is 8.18. The summed E-state index contributed by atoms with van der Waals surface area (Å²) in [6.07, 6.45) is 0. The average molecular weight is 452 g/mol. The van der Waals surface area contributed by atoms with E-state index in [-0.39, 0.29) is 28.5 Å². The van der Waals surface area contributed by atoms with Crippen molar-refractivity contribution in [2.75, 3.05) is 31.6 Å². The number of rotatable bonds is 5. The third kappa shape index (κ3) is 3.84. The van der Waals surface area contributed by atoms with E-state index in [9.17, 15) is 17.6 Å². The number of morpholine rings is 1. The van der Waals surface area contributed by atoms with Gasteiger partial charge in [-0.3, -0.25) is 4.79 Å². The zero-order valence-corrected chi connectivity index (χ0v) is 17.4. The number of thiophene rings is 1. The first-order valence-corrected chi connectivity index (χ1v) is 11.2. The molecule has 1 aliphatic heterocycles. The maximum absolute atomic E-state index is 14.3. The first kappa shape index (κ1) is 20.5. The molecule has 1 fully saturated rings. The van der Waals surface area contributed by atoms with Crippen LogP contribution in [-0.2, 0) is 14.8 Å². The van der Waals surface area contributed by atoms with Crippen molar-refractivity contribution in [1.82, 2.24) is 24.5 Å². The van der Waals surface area contributed by atoms with Crippen LogP contribution in [-0.4, -0.2) is 65.1 Å². The summed E-state index contributed by atoms with van der Waals surface area (Å²) >= 11 is 0.969. The third-order valence-corrected chi connectivity index (χ3v) is 7.47. The van der Waals surface area contributed by atoms with Gasteiger partial charge in [0, 0.05) is 13.1 Å². The van der Waals surface area contributed by atoms with Gasteiger partial charge in [-0.05, 0) is 47.0 Å². The van der Waals surface area contributed by atoms with E-state index in [1.165, 1.54) is 38.6 Å². The molecule has 0 unspecified atom stereocenters. The van der Waals surface area contributed by atoms with E-state index in [4.69, 9.17) is 4.74 Å². The molecule has 1 amide bonds. The molecule has 0 spiro atoms. The van der Waals surface area contributed by atoms with Gasteiger partial charge in [0.25, 0.3) is 5.91 Å². The number of aromatic nitrogens is 4. The maximum atomic E-state index is 14.3. The largest absolute Gasteiger partial charge is 0.379 e. The quantitative estimate of drug-likeness (QED) is 0.622. The highest BCUT2D eigenvalue weighted by molar-refractivity contribution is 7.89. The number of sulfonamides is 1. The minimum atomic E-state index is -3.87. The lowest BCUT2D eigenvalue weighted by Gasteiger charge is -2.26. The van der Waals surface area contributed by atoms with Gasteiger partial charge in [-0.15, -0.1) is 16.4 Å². The molecule has 0 saturated carbocycles. The number of hydrogen-bond donors (Lipinski definition) is 1. The Kier molecular flexibility index (Phi) is 5.60. The Balaban J connectivity index is 1.62. The Labute approximate surface area is 175 Å². The molecule has 1 aliphatic rings. The van der Waals surface area contributed by atoms with Crippen LogP contribution in [0.25, 0.3) is 5.69 Å². The number of amides is 1. The monoisotopic (exact) mass is 452 g/mol. The van der Waals surface area contributed by atoms with E-state index >= 15 is 0 Å². The van der Waals surface area contributed by atoms with Crippen molar-refractivity contribution in [3.63, 3.8) is 0 Å². The van der Waals surface area contributed by atoms with Crippen molar-refractivity contribution in [2.45, 2.75) is 11.8 Å². The van der Waals surface area contributed by atoms with Gasteiger partial charge in [0.1, 0.15) is 15.6 Å². The van der Waals surface area contributed by atoms with E-state index in [1.54, 1.807) is 6.92 Å². The number of tetrazole rings is 1. The fraction of sp³-hybridized carbons (Fsp3) is 0.294. The number of carbonyl (C=O) groups is 1. The van der Waals surface area contributed by atoms with Crippen LogP contribution in [0.1, 0.15) is 15.5 Å². The molecule has 10 nitrogen and oxygen atoms in total. The Morgan fingerprint density at radius 2 is 2.03 bits per heavy atom. The van der Waals surface area contributed by atoms with Gasteiger partial charge in [0.2, 0.25) is 10.0 Å². The average Bonchev–Trinajstić information content (AvgIpc) is 3.40. The van der Waals surface area contributed by atoms with Crippen LogP contribution >= 0.6 is 11.3 Å². The van der Waals surface area contributed by atoms with Crippen molar-refractivity contribution in [3.8, 4) is 5.69 Å². The van der Waals surface area contributed by atoms with Crippen molar-refractivity contribution in [2.24, 2.45) is 0 Å². The molecule has 3 heterocycles. The van der Waals surface area contributed by atoms with Crippen molar-refractivity contribution in [3.05, 3.63) is 46.2 Å². The van der Waals surface area contributed by atoms with Gasteiger partial charge in [-0.2, -0.15) is 8.99 Å². The lowest BCUT2D eigenvalue weighted by atomic mass is 10.2. The molecule has 158 valence electrons. The van der Waals surface area contributed by atoms with Gasteiger partial charge in [-0.25, -0.2) is 12.8 Å². The van der Waals surface area contributed by atoms with Gasteiger partial charge in [0.15, 0.2) is 5.82 Å². The summed E-state index contributed by atoms with van der Waals surface area (Å²) in [4.78, 5) is 12.7. The number of nitrogens with zero attached hydrogens (tertiary/aromatic N) is 5. The predicted octanol–water partition coefficient (Wildman–Crippen LogP) is 1.44. The van der Waals surface area contributed by atoms with Gasteiger partial charge in [0.05, 0.1) is 24.6 Å². The summed E-state index contributed by atoms with van der Waals surface area (Å²) in [6, 6.07) is 5.39. The van der Waals surface area contributed by atoms with Crippen LogP contribution in [0.2, 0.25) is 0 Å². The van der Waals surface area contributed by atoms with Crippen LogP contribution in [0.3, 0.4) is 0 Å². The lowest BCUT2D eigenvalue weighted by Crippen LogP contribution is -2.41. The molecule has 0 radical (unpaired) electrons. The number of carbonyl (C=O) groups excluding carboxylic acids is 1. The molecule has 30 heavy (non-hydrogen) atoms. The molecule has 0 bridgehead atoms. The van der Waals surface area contributed by atoms with E-state index in [2.05, 4.69) is 20.8 Å². The summed E-state index contributed by atoms with van der Waals surface area (Å²) < 4.78 is 48.1. The smallest absolute Gasteiger partial charge is 0.267 e. The molecule has 1 N–H and O–H groups in total. The Morgan fingerprint density at radius 1 is 1.27 bits per heavy atom. The Hall–Kier alpha value is -2.74. The van der Waals surface area contributed by atoms with Crippen LogP contribution in [0.15, 0.2) is 34.5 Å². The van der Waals surface area contributed by atoms with Crippen LogP contribution in [0, 0.1) is 12.7 Å². The summed E-state index contributed by atoms with van der Waals surface area (Å²) in [7, 11) is -3.87. The molecular weight excluding hydrogens is 435 g/mol. The van der Waals surface area contributed by atoms with E-state index in [0.717, 1.165) is 11.3 Å². The van der Waals surface area contributed by atoms with E-state index < -0.39 is 21.7 Å². The minimum Gasteiger partial charge on any atom is -0.379 e. The highest BCUT2D eigenvalue weighted by Gasteiger charge is 2.31. The highest BCUT2D eigenvalue weighted by Crippen LogP contribution is 2.28. The van der Waals surface area contributed by atoms with Gasteiger partial charge in [-0.1, -0.05) is 0 Å². The molecular formula is C17H17FN6O4S2. The number of halogens is 1. The number of hydrogen-bond acceptors (Lipinski definition) is 8. The second-order valence-corrected chi connectivity index (χ2v) is 9.21. The van der Waals surface area contributed by atoms with Crippen molar-refractivity contribution in [1.29, 1.82) is 0 Å². The van der Waals surface area contributed by atoms with Gasteiger partial charge >= 0.3 is 0 Å². The Morgan fingerprint density at radius 3 is 2.73 bits per heavy atom. The summed E-state index contributed by atoms with van der Waals surface area (Å²) in [5, 5.41) is 15.1. The molecule has 1 aromatic carbocycles. The third-order valence-electron chi connectivity index (χ3n) is 4.49. The summed E-state index contributed by atoms with van der Waals surface area (Å²) in [5.41, 5.74) is 0.331. The number of ether oxygens (including phenoxy) is 1. The lowest BCUT2D eigenvalue weighted by molar-refractivity contribution is 0.0730. The predicted molar refractivity (Wildman–Crippen MR) is 106 cm³/mol. The number of nitrogens with one attached hydrogen (secondary N) is 1. The fourth-order valence-electron chi connectivity index (χ4n) is 2.98. The molecule has 2 aromatic heterocycles. The summed E-state index contributed by atoms with van der Waals surface area (Å²) in [6.45, 7) is 2.68. The van der Waals surface area contributed by atoms with Crippen molar-refractivity contribution >= 4 is 33.0 Å². The second-order valence-electron chi connectivity index (χ2n) is 6.39. The minimum absolute atomic E-state index is 0.0232. The molecule has 3 aromatic rings. The SMILES string of the molecule is Cc1nnnn1-c1ccc(F)c(NC(=O)c2sccc2S(=O)(=O)N2CCOCC2)c1. The number of aryl methyl sites for hydroxylation is 1. The molecule has 13 heteroatoms. The number of benzene rings is 1. The summed E-state index contributed by atoms with van der Waals surface area (Å²) in [5.74, 6) is -0.913. The first-order chi connectivity index (χ1) is 14.4. The van der Waals surface area contributed by atoms with E-state index in [1.807, 2.05) is 0 Å². The van der Waals surface area contributed by atoms with Crippen molar-refractivity contribution < 1.29 is 22.3 Å². The Bertz CT molecular complexity index is 1190. The topological polar surface area (TPSA) is 119 Å². The molecule has 0 atom stereocenters. The van der Waals surface area contributed by atoms with Crippen LogP contribution < -0.4 is 5.32 Å². The highest BCUT2D eigenvalue weighted by atomic mass is 32.2.